The van der Waals surface area contributed by atoms with E-state index in [9.17, 15) is 4.79 Å². The van der Waals surface area contributed by atoms with E-state index >= 15 is 0 Å². The van der Waals surface area contributed by atoms with Crippen molar-refractivity contribution in [2.24, 2.45) is 0 Å². The average molecular weight is 140 g/mol. The SMILES string of the molecule is O=c1cc2c(co1)OCO2. The fourth-order valence-electron chi connectivity index (χ4n) is 0.756. The molecule has 1 aromatic heterocycles. The Balaban J connectivity index is 2.63. The van der Waals surface area contributed by atoms with Crippen LogP contribution in [0, 0.1) is 0 Å². The fraction of sp³-hybridized carbons (Fsp3) is 0.167. The lowest BCUT2D eigenvalue weighted by Crippen LogP contribution is -1.94. The second-order valence-electron chi connectivity index (χ2n) is 1.83. The first kappa shape index (κ1) is 5.34. The van der Waals surface area contributed by atoms with Crippen LogP contribution in [0.3, 0.4) is 0 Å². The summed E-state index contributed by atoms with van der Waals surface area (Å²) in [5.41, 5.74) is -0.427. The Hall–Kier alpha value is -1.45. The van der Waals surface area contributed by atoms with Crippen LogP contribution in [-0.4, -0.2) is 6.79 Å². The lowest BCUT2D eigenvalue weighted by Gasteiger charge is -1.88. The van der Waals surface area contributed by atoms with E-state index in [1.54, 1.807) is 0 Å². The summed E-state index contributed by atoms with van der Waals surface area (Å²) in [7, 11) is 0. The lowest BCUT2D eigenvalue weighted by atomic mass is 10.4. The van der Waals surface area contributed by atoms with Crippen molar-refractivity contribution in [1.29, 1.82) is 0 Å². The minimum absolute atomic E-state index is 0.161. The predicted molar refractivity (Wildman–Crippen MR) is 31.1 cm³/mol. The van der Waals surface area contributed by atoms with Crippen LogP contribution < -0.4 is 15.1 Å². The Bertz CT molecular complexity index is 301. The van der Waals surface area contributed by atoms with E-state index in [2.05, 4.69) is 4.42 Å². The molecule has 0 N–H and O–H groups in total. The molecule has 0 aliphatic carbocycles. The van der Waals surface area contributed by atoms with Gasteiger partial charge in [0.25, 0.3) is 0 Å². The standard InChI is InChI=1S/C6H4O4/c7-6-1-4-5(2-8-6)10-3-9-4/h1-2H,3H2. The maximum Gasteiger partial charge on any atom is 0.339 e. The van der Waals surface area contributed by atoms with Gasteiger partial charge in [-0.3, -0.25) is 0 Å². The molecule has 0 spiro atoms. The first-order valence-corrected chi connectivity index (χ1v) is 2.75. The van der Waals surface area contributed by atoms with E-state index in [1.165, 1.54) is 12.3 Å². The summed E-state index contributed by atoms with van der Waals surface area (Å²) in [5, 5.41) is 0. The van der Waals surface area contributed by atoms with Gasteiger partial charge in [0.2, 0.25) is 12.5 Å². The zero-order chi connectivity index (χ0) is 6.97. The van der Waals surface area contributed by atoms with Gasteiger partial charge in [-0.15, -0.1) is 0 Å². The first-order chi connectivity index (χ1) is 4.86. The van der Waals surface area contributed by atoms with E-state index in [0.717, 1.165) is 0 Å². The molecular weight excluding hydrogens is 136 g/mol. The molecule has 10 heavy (non-hydrogen) atoms. The maximum absolute atomic E-state index is 10.5. The second-order valence-corrected chi connectivity index (χ2v) is 1.83. The Morgan fingerprint density at radius 2 is 2.10 bits per heavy atom. The van der Waals surface area contributed by atoms with Crippen LogP contribution in [0.1, 0.15) is 0 Å². The van der Waals surface area contributed by atoms with Gasteiger partial charge in [-0.25, -0.2) is 4.79 Å². The molecule has 1 aliphatic rings. The largest absolute Gasteiger partial charge is 0.453 e. The van der Waals surface area contributed by atoms with Gasteiger partial charge in [0.15, 0.2) is 5.75 Å². The van der Waals surface area contributed by atoms with Gasteiger partial charge >= 0.3 is 5.63 Å². The van der Waals surface area contributed by atoms with Crippen LogP contribution in [0.4, 0.5) is 0 Å². The molecule has 0 radical (unpaired) electrons. The van der Waals surface area contributed by atoms with Gasteiger partial charge in [0.1, 0.15) is 6.26 Å². The summed E-state index contributed by atoms with van der Waals surface area (Å²) in [4.78, 5) is 10.5. The molecule has 0 fully saturated rings. The van der Waals surface area contributed by atoms with E-state index in [4.69, 9.17) is 9.47 Å². The highest BCUT2D eigenvalue weighted by molar-refractivity contribution is 5.36. The molecule has 0 atom stereocenters. The molecule has 0 bridgehead atoms. The van der Waals surface area contributed by atoms with Crippen molar-refractivity contribution in [1.82, 2.24) is 0 Å². The molecule has 1 aromatic rings. The summed E-state index contributed by atoms with van der Waals surface area (Å²) in [6, 6.07) is 1.25. The molecule has 0 unspecified atom stereocenters. The number of hydrogen-bond acceptors (Lipinski definition) is 4. The van der Waals surface area contributed by atoms with Crippen LogP contribution in [0.5, 0.6) is 11.5 Å². The van der Waals surface area contributed by atoms with E-state index < -0.39 is 5.63 Å². The van der Waals surface area contributed by atoms with Gasteiger partial charge in [0.05, 0.1) is 6.07 Å². The third kappa shape index (κ3) is 0.655. The van der Waals surface area contributed by atoms with Crippen molar-refractivity contribution in [2.75, 3.05) is 6.79 Å². The summed E-state index contributed by atoms with van der Waals surface area (Å²) in [6.45, 7) is 0.161. The smallest absolute Gasteiger partial charge is 0.339 e. The Morgan fingerprint density at radius 1 is 1.30 bits per heavy atom. The van der Waals surface area contributed by atoms with Gasteiger partial charge < -0.3 is 13.9 Å². The number of rotatable bonds is 0. The van der Waals surface area contributed by atoms with Gasteiger partial charge in [-0.1, -0.05) is 0 Å². The van der Waals surface area contributed by atoms with Crippen LogP contribution in [0.15, 0.2) is 21.5 Å². The number of hydrogen-bond donors (Lipinski definition) is 0. The van der Waals surface area contributed by atoms with Crippen LogP contribution in [-0.2, 0) is 0 Å². The van der Waals surface area contributed by atoms with Crippen LogP contribution >= 0.6 is 0 Å². The minimum Gasteiger partial charge on any atom is -0.453 e. The fourth-order valence-corrected chi connectivity index (χ4v) is 0.756. The summed E-state index contributed by atoms with van der Waals surface area (Å²) < 4.78 is 14.3. The van der Waals surface area contributed by atoms with Crippen molar-refractivity contribution in [3.63, 3.8) is 0 Å². The summed E-state index contributed by atoms with van der Waals surface area (Å²) in [5.74, 6) is 0.941. The monoisotopic (exact) mass is 140 g/mol. The normalized spacial score (nSPS) is 13.6. The van der Waals surface area contributed by atoms with E-state index in [1.807, 2.05) is 0 Å². The molecule has 0 amide bonds. The Morgan fingerprint density at radius 3 is 3.00 bits per heavy atom. The van der Waals surface area contributed by atoms with Gasteiger partial charge in [-0.2, -0.15) is 0 Å². The van der Waals surface area contributed by atoms with Gasteiger partial charge in [0, 0.05) is 0 Å². The third-order valence-corrected chi connectivity index (χ3v) is 1.20. The van der Waals surface area contributed by atoms with Crippen molar-refractivity contribution < 1.29 is 13.9 Å². The van der Waals surface area contributed by atoms with Crippen molar-refractivity contribution >= 4 is 0 Å². The second kappa shape index (κ2) is 1.76. The highest BCUT2D eigenvalue weighted by Crippen LogP contribution is 2.28. The molecule has 4 heteroatoms. The first-order valence-electron chi connectivity index (χ1n) is 2.75. The topological polar surface area (TPSA) is 48.7 Å². The summed E-state index contributed by atoms with van der Waals surface area (Å²) >= 11 is 0. The molecule has 0 saturated carbocycles. The number of ether oxygens (including phenoxy) is 2. The van der Waals surface area contributed by atoms with Gasteiger partial charge in [-0.05, 0) is 0 Å². The molecular formula is C6H4O4. The Labute approximate surface area is 56.0 Å². The lowest BCUT2D eigenvalue weighted by molar-refractivity contribution is 0.173. The molecule has 1 aliphatic heterocycles. The molecule has 0 aromatic carbocycles. The zero-order valence-corrected chi connectivity index (χ0v) is 4.99. The highest BCUT2D eigenvalue weighted by Gasteiger charge is 2.13. The number of fused-ring (bicyclic) bond motifs is 1. The van der Waals surface area contributed by atoms with Crippen molar-refractivity contribution in [3.05, 3.63) is 22.7 Å². The van der Waals surface area contributed by atoms with E-state index in [-0.39, 0.29) is 6.79 Å². The summed E-state index contributed by atoms with van der Waals surface area (Å²) in [6.07, 6.45) is 1.24. The van der Waals surface area contributed by atoms with Crippen molar-refractivity contribution in [2.45, 2.75) is 0 Å². The maximum atomic E-state index is 10.5. The molecule has 2 rings (SSSR count). The van der Waals surface area contributed by atoms with Crippen LogP contribution in [0.25, 0.3) is 0 Å². The predicted octanol–water partition coefficient (Wildman–Crippen LogP) is 0.368. The molecule has 52 valence electrons. The Kier molecular flexibility index (Phi) is 0.943. The molecule has 4 nitrogen and oxygen atoms in total. The third-order valence-electron chi connectivity index (χ3n) is 1.20. The average Bonchev–Trinajstić information content (AvgIpc) is 2.33. The quantitative estimate of drug-likeness (QED) is 0.522. The zero-order valence-electron chi connectivity index (χ0n) is 4.99. The van der Waals surface area contributed by atoms with Crippen LogP contribution in [0.2, 0.25) is 0 Å². The highest BCUT2D eigenvalue weighted by atomic mass is 16.7. The van der Waals surface area contributed by atoms with E-state index in [0.29, 0.717) is 11.5 Å². The molecule has 2 heterocycles. The minimum atomic E-state index is -0.427. The molecule has 0 saturated heterocycles. The van der Waals surface area contributed by atoms with Crippen molar-refractivity contribution in [3.8, 4) is 11.5 Å².